The maximum atomic E-state index is 13.9. The molecule has 3 aliphatic heterocycles. The van der Waals surface area contributed by atoms with Gasteiger partial charge in [0.15, 0.2) is 17.8 Å². The minimum atomic E-state index is -0.465. The molecule has 3 saturated heterocycles. The van der Waals surface area contributed by atoms with Crippen LogP contribution in [0.4, 0.5) is 0 Å². The number of piperidine rings is 1. The summed E-state index contributed by atoms with van der Waals surface area (Å²) in [6.45, 7) is 5.41. The first kappa shape index (κ1) is 21.2. The molecule has 7 heteroatoms. The van der Waals surface area contributed by atoms with Crippen molar-refractivity contribution < 1.29 is 18.7 Å². The number of oxazole rings is 1. The second kappa shape index (κ2) is 8.70. The van der Waals surface area contributed by atoms with Crippen LogP contribution in [0.1, 0.15) is 54.6 Å². The lowest BCUT2D eigenvalue weighted by molar-refractivity contribution is -0.147. The second-order valence-electron chi connectivity index (χ2n) is 9.41. The molecule has 0 saturated carbocycles. The van der Waals surface area contributed by atoms with Crippen molar-refractivity contribution in [2.24, 2.45) is 5.41 Å². The van der Waals surface area contributed by atoms with E-state index in [1.54, 1.807) is 4.90 Å². The first-order valence-electron chi connectivity index (χ1n) is 11.8. The van der Waals surface area contributed by atoms with Gasteiger partial charge in [-0.3, -0.25) is 9.59 Å². The number of carbonyl (C=O) groups excluding carboxylic acids is 2. The SMILES string of the molecule is Cc1cccc(-c2ocnc2C(=O)N2CCCC3(CCOCC3)C2C(=O)N2CCCC2)c1. The predicted octanol–water partition coefficient (Wildman–Crippen LogP) is 3.67. The van der Waals surface area contributed by atoms with Crippen molar-refractivity contribution in [3.63, 3.8) is 0 Å². The van der Waals surface area contributed by atoms with E-state index in [1.807, 2.05) is 36.1 Å². The standard InChI is InChI=1S/C25H31N3O4/c1-18-6-4-7-19(16-18)21-20(26-17-32-21)23(29)28-13-5-8-25(9-14-31-15-10-25)22(28)24(30)27-11-2-3-12-27/h4,6-7,16-17,22H,2-3,5,8-15H2,1H3. The van der Waals surface area contributed by atoms with Gasteiger partial charge in [-0.05, 0) is 51.5 Å². The monoisotopic (exact) mass is 437 g/mol. The van der Waals surface area contributed by atoms with E-state index in [2.05, 4.69) is 4.98 Å². The highest BCUT2D eigenvalue weighted by Gasteiger charge is 2.52. The third kappa shape index (κ3) is 3.72. The summed E-state index contributed by atoms with van der Waals surface area (Å²) in [4.78, 5) is 35.8. The van der Waals surface area contributed by atoms with E-state index in [4.69, 9.17) is 9.15 Å². The Balaban J connectivity index is 1.51. The fourth-order valence-electron chi connectivity index (χ4n) is 5.75. The molecule has 1 aromatic carbocycles. The van der Waals surface area contributed by atoms with Crippen LogP contribution in [0.3, 0.4) is 0 Å². The summed E-state index contributed by atoms with van der Waals surface area (Å²) < 4.78 is 11.3. The molecule has 1 atom stereocenters. The van der Waals surface area contributed by atoms with Gasteiger partial charge in [0.2, 0.25) is 5.91 Å². The predicted molar refractivity (Wildman–Crippen MR) is 119 cm³/mol. The van der Waals surface area contributed by atoms with Crippen LogP contribution in [0.2, 0.25) is 0 Å². The normalized spacial score (nSPS) is 23.0. The van der Waals surface area contributed by atoms with Crippen molar-refractivity contribution in [1.29, 1.82) is 0 Å². The van der Waals surface area contributed by atoms with E-state index in [9.17, 15) is 9.59 Å². The second-order valence-corrected chi connectivity index (χ2v) is 9.41. The van der Waals surface area contributed by atoms with Crippen LogP contribution in [0, 0.1) is 12.3 Å². The molecule has 2 amide bonds. The molecule has 1 aromatic heterocycles. The zero-order valence-corrected chi connectivity index (χ0v) is 18.7. The van der Waals surface area contributed by atoms with Crippen molar-refractivity contribution in [3.8, 4) is 11.3 Å². The number of aromatic nitrogens is 1. The Morgan fingerprint density at radius 3 is 2.59 bits per heavy atom. The number of ether oxygens (including phenoxy) is 1. The molecule has 3 fully saturated rings. The number of hydrogen-bond donors (Lipinski definition) is 0. The van der Waals surface area contributed by atoms with Crippen LogP contribution < -0.4 is 0 Å². The van der Waals surface area contributed by atoms with Gasteiger partial charge in [0.05, 0.1) is 0 Å². The fourth-order valence-corrected chi connectivity index (χ4v) is 5.75. The van der Waals surface area contributed by atoms with Crippen LogP contribution in [-0.4, -0.2) is 65.5 Å². The number of benzene rings is 1. The van der Waals surface area contributed by atoms with E-state index < -0.39 is 6.04 Å². The minimum absolute atomic E-state index is 0.0954. The summed E-state index contributed by atoms with van der Waals surface area (Å²) in [5.41, 5.74) is 1.97. The average Bonchev–Trinajstić information content (AvgIpc) is 3.51. The summed E-state index contributed by atoms with van der Waals surface area (Å²) in [6.07, 6.45) is 6.85. The van der Waals surface area contributed by atoms with E-state index in [0.29, 0.717) is 31.2 Å². The number of hydrogen-bond acceptors (Lipinski definition) is 5. The highest BCUT2D eigenvalue weighted by Crippen LogP contribution is 2.45. The van der Waals surface area contributed by atoms with Gasteiger partial charge in [-0.1, -0.05) is 23.8 Å². The molecule has 0 radical (unpaired) electrons. The molecule has 7 nitrogen and oxygen atoms in total. The van der Waals surface area contributed by atoms with Gasteiger partial charge in [0.25, 0.3) is 5.91 Å². The van der Waals surface area contributed by atoms with Crippen LogP contribution >= 0.6 is 0 Å². The van der Waals surface area contributed by atoms with Crippen LogP contribution in [0.15, 0.2) is 35.1 Å². The first-order valence-corrected chi connectivity index (χ1v) is 11.8. The van der Waals surface area contributed by atoms with Crippen LogP contribution in [0.5, 0.6) is 0 Å². The van der Waals surface area contributed by atoms with Gasteiger partial charge < -0.3 is 19.0 Å². The molecular weight excluding hydrogens is 406 g/mol. The number of amides is 2. The molecule has 1 spiro atoms. The average molecular weight is 438 g/mol. The number of nitrogens with zero attached hydrogens (tertiary/aromatic N) is 3. The largest absolute Gasteiger partial charge is 0.443 e. The zero-order valence-electron chi connectivity index (χ0n) is 18.7. The van der Waals surface area contributed by atoms with Gasteiger partial charge in [-0.25, -0.2) is 4.98 Å². The topological polar surface area (TPSA) is 75.9 Å². The quantitative estimate of drug-likeness (QED) is 0.732. The van der Waals surface area contributed by atoms with Gasteiger partial charge in [-0.15, -0.1) is 0 Å². The van der Waals surface area contributed by atoms with Crippen LogP contribution in [-0.2, 0) is 9.53 Å². The number of carbonyl (C=O) groups is 2. The van der Waals surface area contributed by atoms with Gasteiger partial charge in [0, 0.05) is 43.8 Å². The molecule has 0 N–H and O–H groups in total. The van der Waals surface area contributed by atoms with Crippen molar-refractivity contribution in [3.05, 3.63) is 41.9 Å². The number of likely N-dealkylation sites (tertiary alicyclic amines) is 2. The molecule has 0 aliphatic carbocycles. The molecule has 5 rings (SSSR count). The Labute approximate surface area is 188 Å². The first-order chi connectivity index (χ1) is 15.6. The minimum Gasteiger partial charge on any atom is -0.443 e. The van der Waals surface area contributed by atoms with Gasteiger partial charge in [-0.2, -0.15) is 0 Å². The van der Waals surface area contributed by atoms with Gasteiger partial charge in [0.1, 0.15) is 6.04 Å². The lowest BCUT2D eigenvalue weighted by Gasteiger charge is -2.51. The van der Waals surface area contributed by atoms with E-state index in [1.165, 1.54) is 6.39 Å². The molecule has 1 unspecified atom stereocenters. The highest BCUT2D eigenvalue weighted by atomic mass is 16.5. The molecule has 4 heterocycles. The van der Waals surface area contributed by atoms with E-state index in [-0.39, 0.29) is 17.2 Å². The smallest absolute Gasteiger partial charge is 0.277 e. The maximum absolute atomic E-state index is 13.9. The Kier molecular flexibility index (Phi) is 5.76. The number of rotatable bonds is 3. The lowest BCUT2D eigenvalue weighted by Crippen LogP contribution is -2.62. The summed E-state index contributed by atoms with van der Waals surface area (Å²) in [5, 5.41) is 0. The molecule has 32 heavy (non-hydrogen) atoms. The molecule has 170 valence electrons. The van der Waals surface area contributed by atoms with E-state index in [0.717, 1.165) is 62.7 Å². The summed E-state index contributed by atoms with van der Waals surface area (Å²) in [5.74, 6) is 0.356. The van der Waals surface area contributed by atoms with Crippen molar-refractivity contribution >= 4 is 11.8 Å². The Hall–Kier alpha value is -2.67. The molecule has 2 aromatic rings. The summed E-state index contributed by atoms with van der Waals surface area (Å²) in [6, 6.07) is 7.39. The van der Waals surface area contributed by atoms with Crippen LogP contribution in [0.25, 0.3) is 11.3 Å². The van der Waals surface area contributed by atoms with Crippen molar-refractivity contribution in [1.82, 2.24) is 14.8 Å². The van der Waals surface area contributed by atoms with Crippen molar-refractivity contribution in [2.45, 2.75) is 51.5 Å². The Morgan fingerprint density at radius 1 is 1.06 bits per heavy atom. The van der Waals surface area contributed by atoms with Crippen molar-refractivity contribution in [2.75, 3.05) is 32.8 Å². The Bertz CT molecular complexity index is 983. The highest BCUT2D eigenvalue weighted by molar-refractivity contribution is 6.00. The zero-order chi connectivity index (χ0) is 22.1. The third-order valence-corrected chi connectivity index (χ3v) is 7.42. The fraction of sp³-hybridized carbons (Fsp3) is 0.560. The molecule has 0 bridgehead atoms. The summed E-state index contributed by atoms with van der Waals surface area (Å²) in [7, 11) is 0. The lowest BCUT2D eigenvalue weighted by atomic mass is 9.67. The third-order valence-electron chi connectivity index (χ3n) is 7.42. The van der Waals surface area contributed by atoms with E-state index >= 15 is 0 Å². The molecule has 3 aliphatic rings. The summed E-state index contributed by atoms with van der Waals surface area (Å²) >= 11 is 0. The molecular formula is C25H31N3O4. The maximum Gasteiger partial charge on any atom is 0.277 e. The Morgan fingerprint density at radius 2 is 1.84 bits per heavy atom. The van der Waals surface area contributed by atoms with Gasteiger partial charge >= 0.3 is 0 Å². The number of aryl methyl sites for hydroxylation is 1.